The molecular weight excluding hydrogens is 156 g/mol. The van der Waals surface area contributed by atoms with E-state index in [1.54, 1.807) is 0 Å². The summed E-state index contributed by atoms with van der Waals surface area (Å²) >= 11 is 0. The van der Waals surface area contributed by atoms with Crippen molar-refractivity contribution in [1.82, 2.24) is 0 Å². The molecule has 0 spiro atoms. The van der Waals surface area contributed by atoms with E-state index in [1.807, 2.05) is 0 Å². The van der Waals surface area contributed by atoms with E-state index in [1.165, 1.54) is 7.11 Å². The number of methoxy groups -OCH3 is 1. The highest BCUT2D eigenvalue weighted by Gasteiger charge is 2.37. The van der Waals surface area contributed by atoms with E-state index in [0.717, 1.165) is 19.1 Å². The molecule has 0 aliphatic heterocycles. The third kappa shape index (κ3) is 2.64. The van der Waals surface area contributed by atoms with Crippen molar-refractivity contribution >= 4 is 12.3 Å². The Bertz CT molecular complexity index is 177. The SMILES string of the molecule is COC(=O)CC1CC1CCC=O. The number of ether oxygens (including phenoxy) is 1. The molecule has 0 heterocycles. The Morgan fingerprint density at radius 1 is 1.58 bits per heavy atom. The molecule has 0 amide bonds. The number of rotatable bonds is 5. The van der Waals surface area contributed by atoms with Gasteiger partial charge in [0, 0.05) is 12.8 Å². The van der Waals surface area contributed by atoms with E-state index in [4.69, 9.17) is 0 Å². The maximum Gasteiger partial charge on any atom is 0.305 e. The molecule has 2 unspecified atom stereocenters. The van der Waals surface area contributed by atoms with E-state index in [2.05, 4.69) is 4.74 Å². The van der Waals surface area contributed by atoms with Gasteiger partial charge in [0.15, 0.2) is 0 Å². The molecule has 0 bridgehead atoms. The van der Waals surface area contributed by atoms with Crippen molar-refractivity contribution < 1.29 is 14.3 Å². The fraction of sp³-hybridized carbons (Fsp3) is 0.778. The number of aldehydes is 1. The van der Waals surface area contributed by atoms with Gasteiger partial charge in [-0.25, -0.2) is 0 Å². The smallest absolute Gasteiger partial charge is 0.305 e. The van der Waals surface area contributed by atoms with Crippen LogP contribution in [0.25, 0.3) is 0 Å². The number of carbonyl (C=O) groups is 2. The van der Waals surface area contributed by atoms with Crippen molar-refractivity contribution in [3.05, 3.63) is 0 Å². The van der Waals surface area contributed by atoms with Crippen molar-refractivity contribution in [3.8, 4) is 0 Å². The predicted molar refractivity (Wildman–Crippen MR) is 43.5 cm³/mol. The molecular formula is C9H14O3. The average Bonchev–Trinajstić information content (AvgIpc) is 2.80. The highest BCUT2D eigenvalue weighted by atomic mass is 16.5. The standard InChI is InChI=1S/C9H14O3/c1-12-9(11)6-8-5-7(8)3-2-4-10/h4,7-8H,2-3,5-6H2,1H3. The van der Waals surface area contributed by atoms with Crippen molar-refractivity contribution in [1.29, 1.82) is 0 Å². The molecule has 1 rings (SSSR count). The predicted octanol–water partition coefficient (Wildman–Crippen LogP) is 1.16. The molecule has 3 nitrogen and oxygen atoms in total. The van der Waals surface area contributed by atoms with Crippen LogP contribution in [-0.4, -0.2) is 19.4 Å². The van der Waals surface area contributed by atoms with Gasteiger partial charge in [-0.2, -0.15) is 0 Å². The number of esters is 1. The third-order valence-corrected chi connectivity index (χ3v) is 2.38. The van der Waals surface area contributed by atoms with Crippen LogP contribution in [0.1, 0.15) is 25.7 Å². The topological polar surface area (TPSA) is 43.4 Å². The maximum absolute atomic E-state index is 10.8. The second-order valence-corrected chi connectivity index (χ2v) is 3.28. The normalized spacial score (nSPS) is 26.4. The molecule has 1 aliphatic rings. The average molecular weight is 170 g/mol. The van der Waals surface area contributed by atoms with E-state index in [0.29, 0.717) is 24.7 Å². The van der Waals surface area contributed by atoms with Crippen LogP contribution in [0.3, 0.4) is 0 Å². The first-order valence-electron chi connectivity index (χ1n) is 4.28. The molecule has 68 valence electrons. The molecule has 1 saturated carbocycles. The van der Waals surface area contributed by atoms with Gasteiger partial charge in [0.2, 0.25) is 0 Å². The van der Waals surface area contributed by atoms with E-state index >= 15 is 0 Å². The summed E-state index contributed by atoms with van der Waals surface area (Å²) in [6.45, 7) is 0. The van der Waals surface area contributed by atoms with E-state index in [-0.39, 0.29) is 5.97 Å². The minimum Gasteiger partial charge on any atom is -0.469 e. The first-order valence-corrected chi connectivity index (χ1v) is 4.28. The Hall–Kier alpha value is -0.860. The first-order chi connectivity index (χ1) is 5.77. The minimum atomic E-state index is -0.131. The van der Waals surface area contributed by atoms with Gasteiger partial charge in [-0.3, -0.25) is 4.79 Å². The van der Waals surface area contributed by atoms with Gasteiger partial charge in [0.05, 0.1) is 7.11 Å². The summed E-state index contributed by atoms with van der Waals surface area (Å²) in [5, 5.41) is 0. The molecule has 0 aromatic carbocycles. The summed E-state index contributed by atoms with van der Waals surface area (Å²) in [7, 11) is 1.41. The van der Waals surface area contributed by atoms with Crippen LogP contribution in [0.15, 0.2) is 0 Å². The summed E-state index contributed by atoms with van der Waals surface area (Å²) in [6.07, 6.45) is 4.12. The lowest BCUT2D eigenvalue weighted by Crippen LogP contribution is -2.01. The molecule has 0 aromatic rings. The molecule has 0 aromatic heterocycles. The van der Waals surface area contributed by atoms with Crippen LogP contribution >= 0.6 is 0 Å². The number of hydrogen-bond donors (Lipinski definition) is 0. The summed E-state index contributed by atoms with van der Waals surface area (Å²) < 4.78 is 4.55. The molecule has 1 fully saturated rings. The van der Waals surface area contributed by atoms with Crippen molar-refractivity contribution in [3.63, 3.8) is 0 Å². The van der Waals surface area contributed by atoms with Crippen LogP contribution in [0.2, 0.25) is 0 Å². The molecule has 1 aliphatic carbocycles. The van der Waals surface area contributed by atoms with Gasteiger partial charge in [-0.1, -0.05) is 0 Å². The summed E-state index contributed by atoms with van der Waals surface area (Å²) in [4.78, 5) is 20.8. The van der Waals surface area contributed by atoms with E-state index < -0.39 is 0 Å². The Labute approximate surface area is 72.1 Å². The van der Waals surface area contributed by atoms with Gasteiger partial charge in [-0.05, 0) is 24.7 Å². The zero-order valence-electron chi connectivity index (χ0n) is 7.29. The van der Waals surface area contributed by atoms with Gasteiger partial charge >= 0.3 is 5.97 Å². The zero-order valence-corrected chi connectivity index (χ0v) is 7.29. The fourth-order valence-corrected chi connectivity index (χ4v) is 1.49. The lowest BCUT2D eigenvalue weighted by atomic mass is 10.1. The van der Waals surface area contributed by atoms with Gasteiger partial charge < -0.3 is 9.53 Å². The largest absolute Gasteiger partial charge is 0.469 e. The number of carbonyl (C=O) groups excluding carboxylic acids is 2. The Balaban J connectivity index is 2.07. The van der Waals surface area contributed by atoms with Gasteiger partial charge in [0.25, 0.3) is 0 Å². The summed E-state index contributed by atoms with van der Waals surface area (Å²) in [5.41, 5.74) is 0. The molecule has 0 radical (unpaired) electrons. The lowest BCUT2D eigenvalue weighted by molar-refractivity contribution is -0.141. The van der Waals surface area contributed by atoms with Crippen molar-refractivity contribution in [2.24, 2.45) is 11.8 Å². The third-order valence-electron chi connectivity index (χ3n) is 2.38. The Kier molecular flexibility index (Phi) is 3.26. The lowest BCUT2D eigenvalue weighted by Gasteiger charge is -1.96. The minimum absolute atomic E-state index is 0.131. The van der Waals surface area contributed by atoms with Gasteiger partial charge in [-0.15, -0.1) is 0 Å². The molecule has 12 heavy (non-hydrogen) atoms. The van der Waals surface area contributed by atoms with Crippen LogP contribution in [0.5, 0.6) is 0 Å². The van der Waals surface area contributed by atoms with Crippen LogP contribution in [-0.2, 0) is 14.3 Å². The molecule has 2 atom stereocenters. The van der Waals surface area contributed by atoms with Crippen molar-refractivity contribution in [2.75, 3.05) is 7.11 Å². The molecule has 0 N–H and O–H groups in total. The van der Waals surface area contributed by atoms with Gasteiger partial charge in [0.1, 0.15) is 6.29 Å². The molecule has 3 heteroatoms. The fourth-order valence-electron chi connectivity index (χ4n) is 1.49. The maximum atomic E-state index is 10.8. The summed E-state index contributed by atoms with van der Waals surface area (Å²) in [5.74, 6) is 0.945. The quantitative estimate of drug-likeness (QED) is 0.459. The zero-order chi connectivity index (χ0) is 8.97. The van der Waals surface area contributed by atoms with Crippen molar-refractivity contribution in [2.45, 2.75) is 25.7 Å². The second kappa shape index (κ2) is 4.24. The highest BCUT2D eigenvalue weighted by Crippen LogP contribution is 2.44. The van der Waals surface area contributed by atoms with Crippen LogP contribution in [0.4, 0.5) is 0 Å². The number of hydrogen-bond acceptors (Lipinski definition) is 3. The van der Waals surface area contributed by atoms with Crippen LogP contribution < -0.4 is 0 Å². The van der Waals surface area contributed by atoms with E-state index in [9.17, 15) is 9.59 Å². The monoisotopic (exact) mass is 170 g/mol. The Morgan fingerprint density at radius 2 is 2.33 bits per heavy atom. The highest BCUT2D eigenvalue weighted by molar-refractivity contribution is 5.69. The second-order valence-electron chi connectivity index (χ2n) is 3.28. The van der Waals surface area contributed by atoms with Crippen LogP contribution in [0, 0.1) is 11.8 Å². The molecule has 0 saturated heterocycles. The first kappa shape index (κ1) is 9.23. The summed E-state index contributed by atoms with van der Waals surface area (Å²) in [6, 6.07) is 0. The Morgan fingerprint density at radius 3 is 2.92 bits per heavy atom.